The van der Waals surface area contributed by atoms with Crippen LogP contribution in [-0.4, -0.2) is 42.4 Å². The molecule has 0 aliphatic carbocycles. The standard InChI is InChI=1S/C9H17NO2/c1-7(2)12-9-6-10(3)5-4-8(9)11/h8-9,11H,1,4-6H2,2-3H3/t8-,9?/m1/s1. The van der Waals surface area contributed by atoms with Gasteiger partial charge in [0.05, 0.1) is 11.9 Å². The lowest BCUT2D eigenvalue weighted by Gasteiger charge is -2.33. The predicted octanol–water partition coefficient (Wildman–Crippen LogP) is 0.602. The summed E-state index contributed by atoms with van der Waals surface area (Å²) >= 11 is 0. The largest absolute Gasteiger partial charge is 0.492 e. The van der Waals surface area contributed by atoms with Crippen molar-refractivity contribution in [2.24, 2.45) is 0 Å². The number of aliphatic hydroxyl groups is 1. The molecule has 3 nitrogen and oxygen atoms in total. The Labute approximate surface area is 73.6 Å². The maximum absolute atomic E-state index is 9.54. The highest BCUT2D eigenvalue weighted by Gasteiger charge is 2.27. The summed E-state index contributed by atoms with van der Waals surface area (Å²) in [6, 6.07) is 0. The molecule has 0 radical (unpaired) electrons. The van der Waals surface area contributed by atoms with E-state index in [1.807, 2.05) is 7.05 Å². The van der Waals surface area contributed by atoms with E-state index in [4.69, 9.17) is 4.74 Å². The first-order valence-electron chi connectivity index (χ1n) is 4.28. The smallest absolute Gasteiger partial charge is 0.137 e. The summed E-state index contributed by atoms with van der Waals surface area (Å²) < 4.78 is 5.39. The minimum atomic E-state index is -0.335. The molecule has 1 heterocycles. The molecule has 70 valence electrons. The van der Waals surface area contributed by atoms with Gasteiger partial charge in [0, 0.05) is 13.1 Å². The highest BCUT2D eigenvalue weighted by molar-refractivity contribution is 4.85. The van der Waals surface area contributed by atoms with E-state index >= 15 is 0 Å². The lowest BCUT2D eigenvalue weighted by Crippen LogP contribution is -2.45. The Bertz CT molecular complexity index is 170. The normalized spacial score (nSPS) is 31.6. The molecule has 0 saturated carbocycles. The maximum Gasteiger partial charge on any atom is 0.137 e. The van der Waals surface area contributed by atoms with E-state index in [0.29, 0.717) is 5.76 Å². The highest BCUT2D eigenvalue weighted by atomic mass is 16.5. The quantitative estimate of drug-likeness (QED) is 0.618. The summed E-state index contributed by atoms with van der Waals surface area (Å²) in [6.45, 7) is 7.19. The second-order valence-corrected chi connectivity index (χ2v) is 3.48. The van der Waals surface area contributed by atoms with Crippen molar-refractivity contribution in [3.05, 3.63) is 12.3 Å². The SMILES string of the molecule is C=C(C)OC1CN(C)CC[C@H]1O. The number of ether oxygens (including phenoxy) is 1. The van der Waals surface area contributed by atoms with Crippen LogP contribution in [-0.2, 0) is 4.74 Å². The highest BCUT2D eigenvalue weighted by Crippen LogP contribution is 2.14. The van der Waals surface area contributed by atoms with Gasteiger partial charge in [-0.3, -0.25) is 0 Å². The van der Waals surface area contributed by atoms with Gasteiger partial charge in [-0.2, -0.15) is 0 Å². The third-order valence-corrected chi connectivity index (χ3v) is 2.08. The van der Waals surface area contributed by atoms with Crippen LogP contribution in [0.2, 0.25) is 0 Å². The zero-order valence-electron chi connectivity index (χ0n) is 7.79. The van der Waals surface area contributed by atoms with E-state index in [1.165, 1.54) is 0 Å². The minimum absolute atomic E-state index is 0.0961. The number of rotatable bonds is 2. The molecule has 0 amide bonds. The fourth-order valence-electron chi connectivity index (χ4n) is 1.43. The van der Waals surface area contributed by atoms with E-state index < -0.39 is 0 Å². The Balaban J connectivity index is 2.43. The molecule has 0 spiro atoms. The summed E-state index contributed by atoms with van der Waals surface area (Å²) in [5.74, 6) is 0.675. The molecule has 1 rings (SSSR count). The summed E-state index contributed by atoms with van der Waals surface area (Å²) in [5, 5.41) is 9.54. The average Bonchev–Trinajstić information content (AvgIpc) is 1.96. The minimum Gasteiger partial charge on any atom is -0.492 e. The number of hydrogen-bond donors (Lipinski definition) is 1. The summed E-state index contributed by atoms with van der Waals surface area (Å²) in [7, 11) is 2.03. The van der Waals surface area contributed by atoms with E-state index in [-0.39, 0.29) is 12.2 Å². The van der Waals surface area contributed by atoms with Gasteiger partial charge in [0.1, 0.15) is 6.10 Å². The van der Waals surface area contributed by atoms with Crippen molar-refractivity contribution in [2.75, 3.05) is 20.1 Å². The van der Waals surface area contributed by atoms with Crippen LogP contribution >= 0.6 is 0 Å². The molecule has 1 saturated heterocycles. The third kappa shape index (κ3) is 2.50. The van der Waals surface area contributed by atoms with Crippen LogP contribution in [0.15, 0.2) is 12.3 Å². The van der Waals surface area contributed by atoms with Crippen molar-refractivity contribution in [1.82, 2.24) is 4.90 Å². The summed E-state index contributed by atoms with van der Waals surface area (Å²) in [4.78, 5) is 2.15. The molecular formula is C9H17NO2. The van der Waals surface area contributed by atoms with Gasteiger partial charge in [-0.15, -0.1) is 0 Å². The van der Waals surface area contributed by atoms with Crippen LogP contribution in [0.5, 0.6) is 0 Å². The van der Waals surface area contributed by atoms with Crippen molar-refractivity contribution < 1.29 is 9.84 Å². The van der Waals surface area contributed by atoms with Crippen molar-refractivity contribution in [2.45, 2.75) is 25.6 Å². The average molecular weight is 171 g/mol. The second-order valence-electron chi connectivity index (χ2n) is 3.48. The topological polar surface area (TPSA) is 32.7 Å². The van der Waals surface area contributed by atoms with Crippen LogP contribution in [0.3, 0.4) is 0 Å². The Morgan fingerprint density at radius 1 is 1.67 bits per heavy atom. The first kappa shape index (κ1) is 9.55. The van der Waals surface area contributed by atoms with Crippen molar-refractivity contribution in [1.29, 1.82) is 0 Å². The van der Waals surface area contributed by atoms with Crippen LogP contribution in [0.25, 0.3) is 0 Å². The molecule has 0 bridgehead atoms. The van der Waals surface area contributed by atoms with Gasteiger partial charge >= 0.3 is 0 Å². The van der Waals surface area contributed by atoms with E-state index in [0.717, 1.165) is 19.5 Å². The molecule has 1 unspecified atom stereocenters. The molecular weight excluding hydrogens is 154 g/mol. The first-order valence-corrected chi connectivity index (χ1v) is 4.28. The van der Waals surface area contributed by atoms with Crippen molar-refractivity contribution in [3.63, 3.8) is 0 Å². The Morgan fingerprint density at radius 3 is 2.92 bits per heavy atom. The van der Waals surface area contributed by atoms with Crippen LogP contribution in [0, 0.1) is 0 Å². The van der Waals surface area contributed by atoms with Gasteiger partial charge in [-0.1, -0.05) is 6.58 Å². The number of aliphatic hydroxyl groups excluding tert-OH is 1. The Kier molecular flexibility index (Phi) is 3.12. The molecule has 1 fully saturated rings. The number of likely N-dealkylation sites (N-methyl/N-ethyl adjacent to an activating group) is 1. The molecule has 0 aromatic heterocycles. The molecule has 3 heteroatoms. The van der Waals surface area contributed by atoms with E-state index in [2.05, 4.69) is 11.5 Å². The first-order chi connectivity index (χ1) is 5.59. The monoisotopic (exact) mass is 171 g/mol. The van der Waals surface area contributed by atoms with Gasteiger partial charge in [-0.05, 0) is 20.4 Å². The number of likely N-dealkylation sites (tertiary alicyclic amines) is 1. The Hall–Kier alpha value is -0.540. The van der Waals surface area contributed by atoms with Gasteiger partial charge in [0.25, 0.3) is 0 Å². The van der Waals surface area contributed by atoms with E-state index in [1.54, 1.807) is 6.92 Å². The molecule has 2 atom stereocenters. The lowest BCUT2D eigenvalue weighted by atomic mass is 10.1. The lowest BCUT2D eigenvalue weighted by molar-refractivity contribution is -0.0483. The fourth-order valence-corrected chi connectivity index (χ4v) is 1.43. The molecule has 0 aromatic carbocycles. The van der Waals surface area contributed by atoms with Gasteiger partial charge in [0.15, 0.2) is 0 Å². The van der Waals surface area contributed by atoms with Gasteiger partial charge in [0.2, 0.25) is 0 Å². The second kappa shape index (κ2) is 3.92. The predicted molar refractivity (Wildman–Crippen MR) is 47.8 cm³/mol. The molecule has 0 aromatic rings. The molecule has 12 heavy (non-hydrogen) atoms. The van der Waals surface area contributed by atoms with Crippen molar-refractivity contribution in [3.8, 4) is 0 Å². The zero-order chi connectivity index (χ0) is 9.14. The number of piperidine rings is 1. The van der Waals surface area contributed by atoms with Crippen LogP contribution in [0.1, 0.15) is 13.3 Å². The molecule has 1 N–H and O–H groups in total. The number of hydrogen-bond acceptors (Lipinski definition) is 3. The number of allylic oxidation sites excluding steroid dienone is 1. The van der Waals surface area contributed by atoms with Gasteiger partial charge in [-0.25, -0.2) is 0 Å². The molecule has 1 aliphatic rings. The van der Waals surface area contributed by atoms with Crippen LogP contribution < -0.4 is 0 Å². The van der Waals surface area contributed by atoms with E-state index in [9.17, 15) is 5.11 Å². The Morgan fingerprint density at radius 2 is 2.33 bits per heavy atom. The zero-order valence-corrected chi connectivity index (χ0v) is 7.79. The molecule has 1 aliphatic heterocycles. The summed E-state index contributed by atoms with van der Waals surface area (Å²) in [6.07, 6.45) is 0.355. The third-order valence-electron chi connectivity index (χ3n) is 2.08. The fraction of sp³-hybridized carbons (Fsp3) is 0.778. The van der Waals surface area contributed by atoms with Crippen LogP contribution in [0.4, 0.5) is 0 Å². The summed E-state index contributed by atoms with van der Waals surface area (Å²) in [5.41, 5.74) is 0. The van der Waals surface area contributed by atoms with Crippen molar-refractivity contribution >= 4 is 0 Å². The maximum atomic E-state index is 9.54. The number of nitrogens with zero attached hydrogens (tertiary/aromatic N) is 1. The van der Waals surface area contributed by atoms with Gasteiger partial charge < -0.3 is 14.7 Å².